The Kier molecular flexibility index (Phi) is 5.86. The molecule has 136 valence electrons. The first-order chi connectivity index (χ1) is 12.9. The van der Waals surface area contributed by atoms with Gasteiger partial charge in [-0.05, 0) is 61.4 Å². The van der Waals surface area contributed by atoms with E-state index in [2.05, 4.69) is 17.5 Å². The van der Waals surface area contributed by atoms with Gasteiger partial charge in [-0.15, -0.1) is 11.3 Å². The van der Waals surface area contributed by atoms with Crippen molar-refractivity contribution in [2.45, 2.75) is 20.4 Å². The lowest BCUT2D eigenvalue weighted by Gasteiger charge is -2.22. The molecule has 3 nitrogen and oxygen atoms in total. The minimum Gasteiger partial charge on any atom is -0.313 e. The lowest BCUT2D eigenvalue weighted by Crippen LogP contribution is -2.16. The zero-order valence-corrected chi connectivity index (χ0v) is 17.3. The van der Waals surface area contributed by atoms with Crippen molar-refractivity contribution >= 4 is 50.9 Å². The van der Waals surface area contributed by atoms with Crippen LogP contribution in [0.3, 0.4) is 0 Å². The molecule has 0 saturated heterocycles. The number of hydrogen-bond acceptors (Lipinski definition) is 4. The van der Waals surface area contributed by atoms with Crippen molar-refractivity contribution in [3.8, 4) is 6.07 Å². The fourth-order valence-corrected chi connectivity index (χ4v) is 4.03. The third-order valence-electron chi connectivity index (χ3n) is 4.05. The van der Waals surface area contributed by atoms with Gasteiger partial charge in [-0.2, -0.15) is 5.26 Å². The number of nitrogens with zero attached hydrogens (tertiary/aromatic N) is 3. The largest absolute Gasteiger partial charge is 0.313 e. The maximum atomic E-state index is 9.07. The van der Waals surface area contributed by atoms with E-state index in [0.29, 0.717) is 22.2 Å². The van der Waals surface area contributed by atoms with Crippen molar-refractivity contribution in [1.82, 2.24) is 4.98 Å². The summed E-state index contributed by atoms with van der Waals surface area (Å²) in [6.45, 7) is 8.59. The van der Waals surface area contributed by atoms with Gasteiger partial charge in [0.1, 0.15) is 0 Å². The van der Waals surface area contributed by atoms with E-state index in [-0.39, 0.29) is 0 Å². The maximum absolute atomic E-state index is 9.07. The Morgan fingerprint density at radius 3 is 2.44 bits per heavy atom. The van der Waals surface area contributed by atoms with Gasteiger partial charge in [0.2, 0.25) is 0 Å². The Labute approximate surface area is 173 Å². The summed E-state index contributed by atoms with van der Waals surface area (Å²) in [5.41, 5.74) is 4.43. The molecule has 0 N–H and O–H groups in total. The van der Waals surface area contributed by atoms with Gasteiger partial charge in [0.25, 0.3) is 0 Å². The standard InChI is InChI=1S/C21H17Cl2N3S/c1-13(2)20-14(3)27-21(25-20)26(17-7-4-15(11-24)5-8-17)12-16-6-9-18(22)19(23)10-16/h4-10H,1,12H2,2-3H3. The highest BCUT2D eigenvalue weighted by molar-refractivity contribution is 7.15. The molecule has 1 aromatic heterocycles. The van der Waals surface area contributed by atoms with Gasteiger partial charge in [-0.3, -0.25) is 0 Å². The van der Waals surface area contributed by atoms with Gasteiger partial charge in [-0.25, -0.2) is 4.98 Å². The first kappa shape index (κ1) is 19.4. The number of aryl methyl sites for hydroxylation is 1. The molecular weight excluding hydrogens is 397 g/mol. The van der Waals surface area contributed by atoms with Gasteiger partial charge in [0.15, 0.2) is 5.13 Å². The third kappa shape index (κ3) is 4.33. The normalized spacial score (nSPS) is 10.5. The average molecular weight is 414 g/mol. The SMILES string of the molecule is C=C(C)c1nc(N(Cc2ccc(Cl)c(Cl)c2)c2ccc(C#N)cc2)sc1C. The molecular formula is C21H17Cl2N3S. The van der Waals surface area contributed by atoms with Crippen LogP contribution in [0.15, 0.2) is 49.0 Å². The molecule has 0 spiro atoms. The number of anilines is 2. The monoisotopic (exact) mass is 413 g/mol. The second-order valence-corrected chi connectivity index (χ2v) is 8.17. The van der Waals surface area contributed by atoms with Crippen LogP contribution in [0.5, 0.6) is 0 Å². The Bertz CT molecular complexity index is 1030. The van der Waals surface area contributed by atoms with Crippen molar-refractivity contribution in [3.63, 3.8) is 0 Å². The van der Waals surface area contributed by atoms with Crippen LogP contribution >= 0.6 is 34.5 Å². The number of halogens is 2. The highest BCUT2D eigenvalue weighted by Gasteiger charge is 2.17. The smallest absolute Gasteiger partial charge is 0.190 e. The van der Waals surface area contributed by atoms with Gasteiger partial charge in [0, 0.05) is 10.6 Å². The van der Waals surface area contributed by atoms with E-state index in [1.807, 2.05) is 38.1 Å². The van der Waals surface area contributed by atoms with Gasteiger partial charge in [-0.1, -0.05) is 35.8 Å². The molecule has 2 aromatic carbocycles. The summed E-state index contributed by atoms with van der Waals surface area (Å²) < 4.78 is 0. The van der Waals surface area contributed by atoms with E-state index in [1.165, 1.54) is 0 Å². The molecule has 0 saturated carbocycles. The predicted octanol–water partition coefficient (Wildman–Crippen LogP) is 7.00. The van der Waals surface area contributed by atoms with Crippen LogP contribution in [0.25, 0.3) is 5.57 Å². The quantitative estimate of drug-likeness (QED) is 0.451. The van der Waals surface area contributed by atoms with Crippen LogP contribution in [0.1, 0.15) is 28.6 Å². The molecule has 0 aliphatic carbocycles. The Morgan fingerprint density at radius 1 is 1.19 bits per heavy atom. The second kappa shape index (κ2) is 8.14. The fourth-order valence-electron chi connectivity index (χ4n) is 2.70. The van der Waals surface area contributed by atoms with Crippen molar-refractivity contribution in [2.75, 3.05) is 4.90 Å². The number of rotatable bonds is 5. The summed E-state index contributed by atoms with van der Waals surface area (Å²) in [5.74, 6) is 0. The molecule has 0 radical (unpaired) electrons. The molecule has 0 aliphatic rings. The van der Waals surface area contributed by atoms with E-state index >= 15 is 0 Å². The number of allylic oxidation sites excluding steroid dienone is 1. The van der Waals surface area contributed by atoms with Crippen molar-refractivity contribution in [2.24, 2.45) is 0 Å². The number of nitriles is 1. The molecule has 1 heterocycles. The topological polar surface area (TPSA) is 39.9 Å². The Hall–Kier alpha value is -2.32. The van der Waals surface area contributed by atoms with Gasteiger partial charge in [0.05, 0.1) is 33.9 Å². The molecule has 6 heteroatoms. The highest BCUT2D eigenvalue weighted by atomic mass is 35.5. The van der Waals surface area contributed by atoms with Crippen LogP contribution in [-0.4, -0.2) is 4.98 Å². The Morgan fingerprint density at radius 2 is 1.89 bits per heavy atom. The van der Waals surface area contributed by atoms with E-state index in [4.69, 9.17) is 33.4 Å². The van der Waals surface area contributed by atoms with Crippen molar-refractivity contribution in [3.05, 3.63) is 80.8 Å². The minimum absolute atomic E-state index is 0.520. The maximum Gasteiger partial charge on any atom is 0.190 e. The van der Waals surface area contributed by atoms with Crippen LogP contribution < -0.4 is 4.90 Å². The average Bonchev–Trinajstić information content (AvgIpc) is 3.04. The summed E-state index contributed by atoms with van der Waals surface area (Å²) in [7, 11) is 0. The molecule has 3 rings (SSSR count). The molecule has 0 fully saturated rings. The second-order valence-electron chi connectivity index (χ2n) is 6.17. The molecule has 3 aromatic rings. The number of aromatic nitrogens is 1. The molecule has 0 bridgehead atoms. The van der Waals surface area contributed by atoms with E-state index < -0.39 is 0 Å². The molecule has 0 amide bonds. The summed E-state index contributed by atoms with van der Waals surface area (Å²) in [4.78, 5) is 8.00. The number of thiazole rings is 1. The van der Waals surface area contributed by atoms with Gasteiger partial charge < -0.3 is 4.90 Å². The first-order valence-electron chi connectivity index (χ1n) is 8.24. The highest BCUT2D eigenvalue weighted by Crippen LogP contribution is 2.35. The van der Waals surface area contributed by atoms with Crippen molar-refractivity contribution in [1.29, 1.82) is 5.26 Å². The van der Waals surface area contributed by atoms with E-state index in [0.717, 1.165) is 32.5 Å². The van der Waals surface area contributed by atoms with Crippen LogP contribution in [0, 0.1) is 18.3 Å². The zero-order valence-electron chi connectivity index (χ0n) is 15.0. The van der Waals surface area contributed by atoms with Crippen LogP contribution in [0.4, 0.5) is 10.8 Å². The Balaban J connectivity index is 2.05. The minimum atomic E-state index is 0.520. The first-order valence-corrected chi connectivity index (χ1v) is 9.81. The third-order valence-corrected chi connectivity index (χ3v) is 5.79. The summed E-state index contributed by atoms with van der Waals surface area (Å²) in [6.07, 6.45) is 0. The van der Waals surface area contributed by atoms with Crippen molar-refractivity contribution < 1.29 is 0 Å². The van der Waals surface area contributed by atoms with E-state index in [1.54, 1.807) is 29.5 Å². The lowest BCUT2D eigenvalue weighted by atomic mass is 10.1. The van der Waals surface area contributed by atoms with Crippen LogP contribution in [0.2, 0.25) is 10.0 Å². The van der Waals surface area contributed by atoms with E-state index in [9.17, 15) is 0 Å². The fraction of sp³-hybridized carbons (Fsp3) is 0.143. The zero-order chi connectivity index (χ0) is 19.6. The summed E-state index contributed by atoms with van der Waals surface area (Å²) in [6, 6.07) is 15.2. The predicted molar refractivity (Wildman–Crippen MR) is 115 cm³/mol. The number of benzene rings is 2. The molecule has 0 aliphatic heterocycles. The van der Waals surface area contributed by atoms with Gasteiger partial charge >= 0.3 is 0 Å². The molecule has 0 unspecified atom stereocenters. The lowest BCUT2D eigenvalue weighted by molar-refractivity contribution is 0.963. The summed E-state index contributed by atoms with van der Waals surface area (Å²) >= 11 is 13.8. The molecule has 0 atom stereocenters. The molecule has 27 heavy (non-hydrogen) atoms. The number of hydrogen-bond donors (Lipinski definition) is 0. The summed E-state index contributed by atoms with van der Waals surface area (Å²) in [5, 5.41) is 11.0. The van der Waals surface area contributed by atoms with Crippen LogP contribution in [-0.2, 0) is 6.54 Å².